The lowest BCUT2D eigenvalue weighted by Crippen LogP contribution is -2.41. The molecule has 1 saturated carbocycles. The van der Waals surface area contributed by atoms with Crippen LogP contribution in [0.3, 0.4) is 0 Å². The number of carbonyl (C=O) groups is 1. The molecule has 1 fully saturated rings. The van der Waals surface area contributed by atoms with E-state index >= 15 is 0 Å². The topological polar surface area (TPSA) is 78.3 Å². The molecule has 1 heterocycles. The van der Waals surface area contributed by atoms with Crippen molar-refractivity contribution < 1.29 is 14.3 Å². The summed E-state index contributed by atoms with van der Waals surface area (Å²) >= 11 is 1.42. The van der Waals surface area contributed by atoms with E-state index in [1.165, 1.54) is 31.0 Å². The Hall–Kier alpha value is -2.22. The predicted molar refractivity (Wildman–Crippen MR) is 123 cm³/mol. The largest absolute Gasteiger partial charge is 0.490 e. The van der Waals surface area contributed by atoms with Crippen molar-refractivity contribution in [2.75, 3.05) is 12.4 Å². The third kappa shape index (κ3) is 6.38. The van der Waals surface area contributed by atoms with Gasteiger partial charge in [-0.25, -0.2) is 0 Å². The normalized spacial score (nSPS) is 18.6. The van der Waals surface area contributed by atoms with Crippen molar-refractivity contribution in [1.29, 1.82) is 0 Å². The van der Waals surface area contributed by atoms with Crippen LogP contribution in [0.4, 0.5) is 0 Å². The van der Waals surface area contributed by atoms with Gasteiger partial charge in [0.2, 0.25) is 5.91 Å². The van der Waals surface area contributed by atoms with Gasteiger partial charge in [-0.2, -0.15) is 0 Å². The van der Waals surface area contributed by atoms with Crippen LogP contribution in [0.2, 0.25) is 0 Å². The van der Waals surface area contributed by atoms with E-state index in [0.29, 0.717) is 36.6 Å². The van der Waals surface area contributed by atoms with Crippen LogP contribution in [-0.2, 0) is 17.9 Å². The lowest BCUT2D eigenvalue weighted by Gasteiger charge is -2.29. The Kier molecular flexibility index (Phi) is 8.63. The number of aryl methyl sites for hydroxylation is 1. The van der Waals surface area contributed by atoms with Gasteiger partial charge in [0.15, 0.2) is 22.5 Å². The minimum Gasteiger partial charge on any atom is -0.490 e. The Balaban J connectivity index is 1.57. The number of ether oxygens (including phenoxy) is 2. The maximum absolute atomic E-state index is 12.4. The molecular weight excluding hydrogens is 412 g/mol. The van der Waals surface area contributed by atoms with E-state index in [1.54, 1.807) is 0 Å². The standard InChI is InChI=1S/C23H34N4O3S/c1-5-27-21(14-30-19-12-11-16(3)13-20(19)29-6-2)25-26-23(27)31-15-22(28)24-18-10-8-7-9-17(18)4/h11-13,17-18H,5-10,14-15H2,1-4H3,(H,24,28)/t17-,18-/m1/s1. The lowest BCUT2D eigenvalue weighted by atomic mass is 9.86. The van der Waals surface area contributed by atoms with E-state index in [9.17, 15) is 4.79 Å². The molecule has 2 atom stereocenters. The van der Waals surface area contributed by atoms with E-state index in [0.717, 1.165) is 28.7 Å². The molecule has 170 valence electrons. The molecule has 1 aliphatic rings. The van der Waals surface area contributed by atoms with Gasteiger partial charge in [-0.1, -0.05) is 37.6 Å². The Bertz CT molecular complexity index is 871. The highest BCUT2D eigenvalue weighted by atomic mass is 32.2. The van der Waals surface area contributed by atoms with Gasteiger partial charge in [0.05, 0.1) is 12.4 Å². The van der Waals surface area contributed by atoms with E-state index in [1.807, 2.05) is 43.5 Å². The zero-order chi connectivity index (χ0) is 22.2. The summed E-state index contributed by atoms with van der Waals surface area (Å²) in [6, 6.07) is 6.18. The van der Waals surface area contributed by atoms with Gasteiger partial charge in [0, 0.05) is 12.6 Å². The van der Waals surface area contributed by atoms with Crippen LogP contribution in [-0.4, -0.2) is 39.1 Å². The fraction of sp³-hybridized carbons (Fsp3) is 0.609. The molecule has 7 nitrogen and oxygen atoms in total. The zero-order valence-electron chi connectivity index (χ0n) is 19.0. The second-order valence-corrected chi connectivity index (χ2v) is 8.98. The van der Waals surface area contributed by atoms with Crippen molar-refractivity contribution in [3.63, 3.8) is 0 Å². The molecule has 2 aromatic rings. The molecule has 0 unspecified atom stereocenters. The molecule has 0 aliphatic heterocycles. The number of hydrogen-bond donors (Lipinski definition) is 1. The van der Waals surface area contributed by atoms with Crippen LogP contribution in [0.25, 0.3) is 0 Å². The van der Waals surface area contributed by atoms with Crippen LogP contribution < -0.4 is 14.8 Å². The molecule has 0 bridgehead atoms. The van der Waals surface area contributed by atoms with Crippen LogP contribution in [0, 0.1) is 12.8 Å². The van der Waals surface area contributed by atoms with E-state index in [2.05, 4.69) is 22.4 Å². The minimum absolute atomic E-state index is 0.0632. The highest BCUT2D eigenvalue weighted by molar-refractivity contribution is 7.99. The molecule has 8 heteroatoms. The first kappa shape index (κ1) is 23.4. The monoisotopic (exact) mass is 446 g/mol. The molecule has 31 heavy (non-hydrogen) atoms. The first-order valence-electron chi connectivity index (χ1n) is 11.2. The SMILES string of the molecule is CCOc1cc(C)ccc1OCc1nnc(SCC(=O)N[C@@H]2CCCC[C@H]2C)n1CC. The number of hydrogen-bond acceptors (Lipinski definition) is 6. The third-order valence-corrected chi connectivity index (χ3v) is 6.62. The third-order valence-electron chi connectivity index (χ3n) is 5.66. The van der Waals surface area contributed by atoms with Crippen LogP contribution >= 0.6 is 11.8 Å². The Morgan fingerprint density at radius 2 is 2.00 bits per heavy atom. The Labute approximate surface area is 189 Å². The van der Waals surface area contributed by atoms with Crippen LogP contribution in [0.5, 0.6) is 11.5 Å². The average Bonchev–Trinajstić information content (AvgIpc) is 3.15. The lowest BCUT2D eigenvalue weighted by molar-refractivity contribution is -0.119. The Morgan fingerprint density at radius 3 is 2.74 bits per heavy atom. The van der Waals surface area contributed by atoms with Crippen molar-refractivity contribution in [2.45, 2.75) is 77.7 Å². The highest BCUT2D eigenvalue weighted by Crippen LogP contribution is 2.29. The van der Waals surface area contributed by atoms with Gasteiger partial charge in [0.25, 0.3) is 0 Å². The first-order valence-corrected chi connectivity index (χ1v) is 12.2. The number of benzene rings is 1. The molecular formula is C23H34N4O3S. The van der Waals surface area contributed by atoms with E-state index in [4.69, 9.17) is 9.47 Å². The summed E-state index contributed by atoms with van der Waals surface area (Å²) in [4.78, 5) is 12.4. The minimum atomic E-state index is 0.0632. The number of amides is 1. The van der Waals surface area contributed by atoms with Crippen molar-refractivity contribution in [2.24, 2.45) is 5.92 Å². The summed E-state index contributed by atoms with van der Waals surface area (Å²) < 4.78 is 13.7. The van der Waals surface area contributed by atoms with Crippen LogP contribution in [0.1, 0.15) is 57.8 Å². The van der Waals surface area contributed by atoms with Crippen molar-refractivity contribution in [3.8, 4) is 11.5 Å². The van der Waals surface area contributed by atoms with Gasteiger partial charge < -0.3 is 19.4 Å². The van der Waals surface area contributed by atoms with Gasteiger partial charge in [-0.15, -0.1) is 10.2 Å². The molecule has 1 amide bonds. The van der Waals surface area contributed by atoms with Crippen molar-refractivity contribution in [1.82, 2.24) is 20.1 Å². The molecule has 1 aromatic heterocycles. The molecule has 0 saturated heterocycles. The maximum atomic E-state index is 12.4. The number of thioether (sulfide) groups is 1. The van der Waals surface area contributed by atoms with Gasteiger partial charge in [-0.3, -0.25) is 4.79 Å². The summed E-state index contributed by atoms with van der Waals surface area (Å²) in [6.07, 6.45) is 4.73. The fourth-order valence-corrected chi connectivity index (χ4v) is 4.74. The smallest absolute Gasteiger partial charge is 0.230 e. The first-order chi connectivity index (χ1) is 15.0. The number of aromatic nitrogens is 3. The quantitative estimate of drug-likeness (QED) is 0.546. The molecule has 1 aliphatic carbocycles. The molecule has 0 radical (unpaired) electrons. The fourth-order valence-electron chi connectivity index (χ4n) is 3.90. The Morgan fingerprint density at radius 1 is 1.19 bits per heavy atom. The van der Waals surface area contributed by atoms with Crippen LogP contribution in [0.15, 0.2) is 23.4 Å². The average molecular weight is 447 g/mol. The zero-order valence-corrected chi connectivity index (χ0v) is 19.8. The summed E-state index contributed by atoms with van der Waals surface area (Å²) in [7, 11) is 0. The second-order valence-electron chi connectivity index (χ2n) is 8.04. The summed E-state index contributed by atoms with van der Waals surface area (Å²) in [5.41, 5.74) is 1.12. The van der Waals surface area contributed by atoms with Gasteiger partial charge in [-0.05, 0) is 57.2 Å². The molecule has 1 aromatic carbocycles. The number of nitrogens with zero attached hydrogens (tertiary/aromatic N) is 3. The van der Waals surface area contributed by atoms with Crippen molar-refractivity contribution in [3.05, 3.63) is 29.6 Å². The summed E-state index contributed by atoms with van der Waals surface area (Å²) in [5, 5.41) is 12.5. The highest BCUT2D eigenvalue weighted by Gasteiger charge is 2.23. The predicted octanol–water partition coefficient (Wildman–Crippen LogP) is 4.37. The summed E-state index contributed by atoms with van der Waals surface area (Å²) in [6.45, 7) is 9.81. The second kappa shape index (κ2) is 11.4. The van der Waals surface area contributed by atoms with E-state index in [-0.39, 0.29) is 12.5 Å². The molecule has 1 N–H and O–H groups in total. The number of rotatable bonds is 10. The van der Waals surface area contributed by atoms with Crippen molar-refractivity contribution >= 4 is 17.7 Å². The molecule has 0 spiro atoms. The summed E-state index contributed by atoms with van der Waals surface area (Å²) in [5.74, 6) is 3.10. The number of carbonyl (C=O) groups excluding carboxylic acids is 1. The number of nitrogens with one attached hydrogen (secondary N) is 1. The molecule has 3 rings (SSSR count). The van der Waals surface area contributed by atoms with E-state index < -0.39 is 0 Å². The van der Waals surface area contributed by atoms with Gasteiger partial charge >= 0.3 is 0 Å². The maximum Gasteiger partial charge on any atom is 0.230 e. The van der Waals surface area contributed by atoms with Gasteiger partial charge in [0.1, 0.15) is 6.61 Å².